The number of methoxy groups -OCH3 is 1. The van der Waals surface area contributed by atoms with Crippen LogP contribution in [0.3, 0.4) is 0 Å². The molecule has 0 radical (unpaired) electrons. The molecule has 0 amide bonds. The van der Waals surface area contributed by atoms with Crippen molar-refractivity contribution in [2.75, 3.05) is 7.11 Å². The van der Waals surface area contributed by atoms with Gasteiger partial charge in [-0.1, -0.05) is 84.9 Å². The Hall–Kier alpha value is 0.391. The van der Waals surface area contributed by atoms with Gasteiger partial charge in [0.2, 0.25) is 0 Å². The van der Waals surface area contributed by atoms with Crippen molar-refractivity contribution < 1.29 is 32.3 Å². The van der Waals surface area contributed by atoms with E-state index in [0.717, 1.165) is 12.8 Å². The Morgan fingerprint density at radius 1 is 0.814 bits per heavy atom. The largest absolute Gasteiger partial charge is 0.469 e. The predicted molar refractivity (Wildman–Crippen MR) is 193 cm³/mol. The molecule has 252 valence electrons. The summed E-state index contributed by atoms with van der Waals surface area (Å²) in [5.74, 6) is -0.260. The van der Waals surface area contributed by atoms with Gasteiger partial charge in [-0.25, -0.2) is 0 Å². The first kappa shape index (κ1) is 39.6. The van der Waals surface area contributed by atoms with Gasteiger partial charge in [-0.3, -0.25) is 4.79 Å². The van der Waals surface area contributed by atoms with Gasteiger partial charge < -0.3 is 27.5 Å². The van der Waals surface area contributed by atoms with E-state index in [0.29, 0.717) is 0 Å². The fraction of sp³-hybridized carbons (Fsp3) is 0.906. The van der Waals surface area contributed by atoms with Crippen molar-refractivity contribution in [2.24, 2.45) is 0 Å². The number of halogens is 1. The van der Waals surface area contributed by atoms with E-state index in [9.17, 15) is 4.79 Å². The summed E-state index contributed by atoms with van der Waals surface area (Å²) in [4.78, 5) is 12.3. The van der Waals surface area contributed by atoms with Crippen LogP contribution < -0.4 is 0 Å². The molecule has 43 heavy (non-hydrogen) atoms. The van der Waals surface area contributed by atoms with Crippen LogP contribution in [0.5, 0.6) is 0 Å². The lowest BCUT2D eigenvalue weighted by Gasteiger charge is -2.56. The van der Waals surface area contributed by atoms with Gasteiger partial charge in [0.1, 0.15) is 24.4 Å². The van der Waals surface area contributed by atoms with Crippen molar-refractivity contribution in [1.29, 1.82) is 0 Å². The highest BCUT2D eigenvalue weighted by Gasteiger charge is 2.57. The lowest BCUT2D eigenvalue weighted by molar-refractivity contribution is -0.266. The highest BCUT2D eigenvalue weighted by Crippen LogP contribution is 2.47. The lowest BCUT2D eigenvalue weighted by atomic mass is 9.87. The van der Waals surface area contributed by atoms with E-state index < -0.39 is 31.1 Å². The van der Waals surface area contributed by atoms with E-state index in [4.69, 9.17) is 27.5 Å². The van der Waals surface area contributed by atoms with E-state index in [2.05, 4.69) is 130 Å². The van der Waals surface area contributed by atoms with E-state index in [1.165, 1.54) is 7.11 Å². The molecule has 11 heteroatoms. The van der Waals surface area contributed by atoms with Crippen molar-refractivity contribution in [3.05, 3.63) is 10.2 Å². The second-order valence-electron chi connectivity index (χ2n) is 17.1. The minimum Gasteiger partial charge on any atom is -0.469 e. The monoisotopic (exact) mass is 770 g/mol. The van der Waals surface area contributed by atoms with Crippen LogP contribution in [-0.4, -0.2) is 80.8 Å². The molecule has 0 spiro atoms. The zero-order valence-corrected chi connectivity index (χ0v) is 35.2. The van der Waals surface area contributed by atoms with Gasteiger partial charge in [0, 0.05) is 0 Å². The lowest BCUT2D eigenvalue weighted by Crippen LogP contribution is -2.69. The maximum absolute atomic E-state index is 12.3. The zero-order valence-electron chi connectivity index (χ0n) is 30.1. The van der Waals surface area contributed by atoms with Crippen LogP contribution in [0, 0.1) is 0 Å². The molecule has 0 aromatic heterocycles. The third-order valence-electron chi connectivity index (χ3n) is 10.7. The molecule has 2 saturated heterocycles. The number of hydrogen-bond acceptors (Lipinski definition) is 7. The van der Waals surface area contributed by atoms with Gasteiger partial charge in [-0.15, -0.1) is 0 Å². The molecule has 0 aromatic rings. The quantitative estimate of drug-likeness (QED) is 0.125. The molecule has 7 nitrogen and oxygen atoms in total. The van der Waals surface area contributed by atoms with Crippen molar-refractivity contribution in [3.63, 3.8) is 0 Å². The first-order valence-electron chi connectivity index (χ1n) is 16.0. The zero-order chi connectivity index (χ0) is 33.4. The van der Waals surface area contributed by atoms with Crippen molar-refractivity contribution >= 4 is 53.5 Å². The Morgan fingerprint density at radius 2 is 1.30 bits per heavy atom. The van der Waals surface area contributed by atoms with Crippen LogP contribution in [0.25, 0.3) is 0 Å². The molecule has 0 aromatic carbocycles. The fourth-order valence-corrected chi connectivity index (χ4v) is 9.03. The first-order valence-corrected chi connectivity index (χ1v) is 25.9. The third kappa shape index (κ3) is 9.71. The average molecular weight is 771 g/mol. The van der Waals surface area contributed by atoms with Crippen LogP contribution in [-0.2, 0) is 32.3 Å². The molecule has 0 aliphatic carbocycles. The number of rotatable bonds is 10. The molecule has 2 heterocycles. The summed E-state index contributed by atoms with van der Waals surface area (Å²) in [7, 11) is -5.36. The molecule has 0 N–H and O–H groups in total. The summed E-state index contributed by atoms with van der Waals surface area (Å²) in [6.07, 6.45) is 1.61. The summed E-state index contributed by atoms with van der Waals surface area (Å²) in [6.45, 7) is 34.1. The number of carbonyl (C=O) groups is 1. The maximum Gasteiger partial charge on any atom is 0.308 e. The van der Waals surface area contributed by atoms with Gasteiger partial charge >= 0.3 is 5.97 Å². The van der Waals surface area contributed by atoms with Gasteiger partial charge in [0.25, 0.3) is 0 Å². The van der Waals surface area contributed by atoms with E-state index >= 15 is 0 Å². The third-order valence-corrected chi connectivity index (χ3v) is 24.5. The standard InChI is InChI=1S/C32H63IO7Si3/c1-30(2,3)41(11,12)38-24(19-20-33)27-29(40-43(15,16)32(7,8)9)28(39-42(13,14)31(4,5)6)26-23(37-27)18-17-22(36-26)21-25(34)35-10/h19-20,22-24,26-29H,17-18,21H2,1-16H3/b20-19+/t22?,23?,24?,26-,27?,28?,29?/m0/s1. The van der Waals surface area contributed by atoms with Crippen LogP contribution >= 0.6 is 22.6 Å². The second-order valence-corrected chi connectivity index (χ2v) is 32.1. The highest BCUT2D eigenvalue weighted by atomic mass is 127. The Kier molecular flexibility index (Phi) is 13.1. The number of esters is 1. The van der Waals surface area contributed by atoms with Gasteiger partial charge in [0.15, 0.2) is 25.0 Å². The van der Waals surface area contributed by atoms with E-state index in [1.54, 1.807) is 0 Å². The molecule has 2 fully saturated rings. The van der Waals surface area contributed by atoms with Crippen LogP contribution in [0.2, 0.25) is 54.4 Å². The minimum absolute atomic E-state index is 0.0168. The molecule has 2 aliphatic rings. The smallest absolute Gasteiger partial charge is 0.308 e. The number of fused-ring (bicyclic) bond motifs is 1. The minimum atomic E-state index is -2.31. The number of ether oxygens (including phenoxy) is 3. The predicted octanol–water partition coefficient (Wildman–Crippen LogP) is 8.98. The van der Waals surface area contributed by atoms with Crippen LogP contribution in [0.15, 0.2) is 10.2 Å². The Bertz CT molecular complexity index is 965. The first-order chi connectivity index (χ1) is 19.3. The summed E-state index contributed by atoms with van der Waals surface area (Å²) in [5.41, 5.74) is 0. The summed E-state index contributed by atoms with van der Waals surface area (Å²) in [6, 6.07) is 0. The Morgan fingerprint density at radius 3 is 1.74 bits per heavy atom. The molecule has 2 aliphatic heterocycles. The Balaban J connectivity index is 2.73. The molecule has 7 atom stereocenters. The summed E-state index contributed by atoms with van der Waals surface area (Å²) < 4.78 is 42.8. The molecule has 6 unspecified atom stereocenters. The van der Waals surface area contributed by atoms with Gasteiger partial charge in [0.05, 0.1) is 31.8 Å². The fourth-order valence-electron chi connectivity index (χ4n) is 4.77. The summed E-state index contributed by atoms with van der Waals surface area (Å²) >= 11 is 2.29. The second kappa shape index (κ2) is 14.2. The summed E-state index contributed by atoms with van der Waals surface area (Å²) in [5, 5.41) is -0.00778. The number of hydrogen-bond donors (Lipinski definition) is 0. The SMILES string of the molecule is COC(=O)CC1CCC2OC(C(/C=C/I)O[Si](C)(C)C(C)(C)C)C(O[Si](C)(C)C(C)(C)C)C(O[Si](C)(C)C(C)(C)C)[C@H]2O1. The van der Waals surface area contributed by atoms with Crippen LogP contribution in [0.4, 0.5) is 0 Å². The van der Waals surface area contributed by atoms with E-state index in [1.807, 2.05) is 4.08 Å². The normalized spacial score (nSPS) is 29.0. The highest BCUT2D eigenvalue weighted by molar-refractivity contribution is 14.1. The van der Waals surface area contributed by atoms with Crippen LogP contribution in [0.1, 0.15) is 81.6 Å². The maximum atomic E-state index is 12.3. The van der Waals surface area contributed by atoms with E-state index in [-0.39, 0.29) is 64.1 Å². The van der Waals surface area contributed by atoms with Crippen molar-refractivity contribution in [3.8, 4) is 0 Å². The Labute approximate surface area is 280 Å². The molecule has 0 saturated carbocycles. The molecule has 0 bridgehead atoms. The van der Waals surface area contributed by atoms with Crippen molar-refractivity contribution in [2.45, 2.75) is 179 Å². The van der Waals surface area contributed by atoms with Gasteiger partial charge in [-0.2, -0.15) is 0 Å². The van der Waals surface area contributed by atoms with Crippen molar-refractivity contribution in [1.82, 2.24) is 0 Å². The topological polar surface area (TPSA) is 72.5 Å². The average Bonchev–Trinajstić information content (AvgIpc) is 2.82. The van der Waals surface area contributed by atoms with Gasteiger partial charge in [-0.05, 0) is 77.4 Å². The molecule has 2 rings (SSSR count). The molecular weight excluding hydrogens is 708 g/mol. The molecular formula is C32H63IO7Si3. The number of carbonyl (C=O) groups excluding carboxylic acids is 1.